The molecule has 0 spiro atoms. The number of carboxylic acids is 1. The summed E-state index contributed by atoms with van der Waals surface area (Å²) < 4.78 is 1.83. The molecule has 5 heteroatoms. The van der Waals surface area contributed by atoms with Crippen LogP contribution < -0.4 is 0 Å². The molecule has 0 saturated heterocycles. The zero-order valence-corrected chi connectivity index (χ0v) is 9.68. The fourth-order valence-electron chi connectivity index (χ4n) is 2.41. The van der Waals surface area contributed by atoms with Gasteiger partial charge in [0.05, 0.1) is 11.7 Å². The van der Waals surface area contributed by atoms with Crippen LogP contribution in [-0.2, 0) is 0 Å². The van der Waals surface area contributed by atoms with Crippen molar-refractivity contribution in [1.82, 2.24) is 15.0 Å². The summed E-state index contributed by atoms with van der Waals surface area (Å²) in [6, 6.07) is 0.345. The van der Waals surface area contributed by atoms with Gasteiger partial charge in [-0.05, 0) is 18.8 Å². The van der Waals surface area contributed by atoms with Gasteiger partial charge in [-0.2, -0.15) is 0 Å². The molecule has 1 aliphatic carbocycles. The molecule has 5 nitrogen and oxygen atoms in total. The number of nitrogens with zero attached hydrogens (tertiary/aromatic N) is 3. The van der Waals surface area contributed by atoms with Crippen molar-refractivity contribution >= 4 is 5.97 Å². The predicted octanol–water partition coefficient (Wildman–Crippen LogP) is 2.21. The highest BCUT2D eigenvalue weighted by atomic mass is 16.4. The Morgan fingerprint density at radius 1 is 1.44 bits per heavy atom. The molecule has 1 saturated carbocycles. The molecule has 16 heavy (non-hydrogen) atoms. The molecule has 0 amide bonds. The average Bonchev–Trinajstić information content (AvgIpc) is 2.85. The monoisotopic (exact) mass is 223 g/mol. The van der Waals surface area contributed by atoms with Crippen LogP contribution >= 0.6 is 0 Å². The molecule has 0 unspecified atom stereocenters. The lowest BCUT2D eigenvalue weighted by Gasteiger charge is -2.15. The van der Waals surface area contributed by atoms with Gasteiger partial charge < -0.3 is 5.11 Å². The van der Waals surface area contributed by atoms with Crippen molar-refractivity contribution in [2.75, 3.05) is 0 Å². The third-order valence-electron chi connectivity index (χ3n) is 3.15. The summed E-state index contributed by atoms with van der Waals surface area (Å²) in [5.74, 6) is -0.838. The largest absolute Gasteiger partial charge is 0.476 e. The van der Waals surface area contributed by atoms with Crippen LogP contribution in [0.5, 0.6) is 0 Å². The van der Waals surface area contributed by atoms with Crippen LogP contribution in [0.2, 0.25) is 0 Å². The maximum absolute atomic E-state index is 11.0. The number of aromatic nitrogens is 3. The molecule has 1 heterocycles. The topological polar surface area (TPSA) is 68.0 Å². The van der Waals surface area contributed by atoms with E-state index in [1.54, 1.807) is 0 Å². The Labute approximate surface area is 94.5 Å². The molecule has 1 aromatic rings. The molecule has 1 fully saturated rings. The van der Waals surface area contributed by atoms with Crippen molar-refractivity contribution in [3.8, 4) is 0 Å². The Kier molecular flexibility index (Phi) is 2.94. The van der Waals surface area contributed by atoms with E-state index in [9.17, 15) is 4.79 Å². The molecule has 0 aliphatic heterocycles. The number of aromatic carboxylic acids is 1. The Hall–Kier alpha value is -1.39. The van der Waals surface area contributed by atoms with Crippen LogP contribution in [0.25, 0.3) is 0 Å². The van der Waals surface area contributed by atoms with Crippen molar-refractivity contribution < 1.29 is 9.90 Å². The first-order valence-electron chi connectivity index (χ1n) is 5.79. The minimum absolute atomic E-state index is 0.113. The molecule has 0 radical (unpaired) electrons. The fourth-order valence-corrected chi connectivity index (χ4v) is 2.41. The minimum atomic E-state index is -0.979. The Bertz CT molecular complexity index is 392. The number of hydrogen-bond acceptors (Lipinski definition) is 3. The molecule has 88 valence electrons. The number of carbonyl (C=O) groups is 1. The van der Waals surface area contributed by atoms with E-state index >= 15 is 0 Å². The summed E-state index contributed by atoms with van der Waals surface area (Å²) in [5.41, 5.74) is 0.876. The first-order chi connectivity index (χ1) is 7.61. The van der Waals surface area contributed by atoms with Crippen LogP contribution in [0.4, 0.5) is 0 Å². The van der Waals surface area contributed by atoms with Gasteiger partial charge in [-0.1, -0.05) is 31.9 Å². The van der Waals surface area contributed by atoms with Gasteiger partial charge in [-0.15, -0.1) is 5.10 Å². The summed E-state index contributed by atoms with van der Waals surface area (Å²) in [7, 11) is 0. The maximum atomic E-state index is 11.0. The predicted molar refractivity (Wildman–Crippen MR) is 58.6 cm³/mol. The van der Waals surface area contributed by atoms with Crippen molar-refractivity contribution in [3.63, 3.8) is 0 Å². The second-order valence-electron chi connectivity index (χ2n) is 4.67. The van der Waals surface area contributed by atoms with E-state index in [1.165, 1.54) is 12.8 Å². The molecular formula is C11H17N3O2. The van der Waals surface area contributed by atoms with Crippen LogP contribution in [-0.4, -0.2) is 26.1 Å². The molecule has 0 bridgehead atoms. The third kappa shape index (κ3) is 1.81. The summed E-state index contributed by atoms with van der Waals surface area (Å²) >= 11 is 0. The lowest BCUT2D eigenvalue weighted by atomic mass is 10.1. The van der Waals surface area contributed by atoms with E-state index in [0.717, 1.165) is 18.5 Å². The van der Waals surface area contributed by atoms with Crippen LogP contribution in [0.1, 0.15) is 67.7 Å². The fraction of sp³-hybridized carbons (Fsp3) is 0.727. The lowest BCUT2D eigenvalue weighted by Crippen LogP contribution is -2.13. The molecule has 1 aliphatic rings. The number of rotatable bonds is 3. The van der Waals surface area contributed by atoms with Crippen molar-refractivity contribution in [2.24, 2.45) is 0 Å². The van der Waals surface area contributed by atoms with Gasteiger partial charge in [0.15, 0.2) is 5.69 Å². The average molecular weight is 223 g/mol. The molecule has 2 rings (SSSR count). The zero-order valence-electron chi connectivity index (χ0n) is 9.68. The van der Waals surface area contributed by atoms with Gasteiger partial charge in [0.1, 0.15) is 0 Å². The van der Waals surface area contributed by atoms with Crippen LogP contribution in [0, 0.1) is 0 Å². The molecule has 0 aromatic carbocycles. The van der Waals surface area contributed by atoms with E-state index in [1.807, 2.05) is 18.5 Å². The van der Waals surface area contributed by atoms with E-state index in [4.69, 9.17) is 5.11 Å². The Balaban J connectivity index is 2.40. The summed E-state index contributed by atoms with van der Waals surface area (Å²) in [5, 5.41) is 16.9. The second kappa shape index (κ2) is 4.23. The van der Waals surface area contributed by atoms with Crippen molar-refractivity contribution in [3.05, 3.63) is 11.4 Å². The van der Waals surface area contributed by atoms with E-state index in [0.29, 0.717) is 6.04 Å². The highest BCUT2D eigenvalue weighted by Crippen LogP contribution is 2.32. The normalized spacial score (nSPS) is 17.2. The van der Waals surface area contributed by atoms with Crippen molar-refractivity contribution in [1.29, 1.82) is 0 Å². The second-order valence-corrected chi connectivity index (χ2v) is 4.67. The van der Waals surface area contributed by atoms with Gasteiger partial charge in [0, 0.05) is 0 Å². The molecule has 1 aromatic heterocycles. The third-order valence-corrected chi connectivity index (χ3v) is 3.15. The van der Waals surface area contributed by atoms with Gasteiger partial charge in [-0.3, -0.25) is 0 Å². The van der Waals surface area contributed by atoms with E-state index in [2.05, 4.69) is 10.3 Å². The van der Waals surface area contributed by atoms with Crippen molar-refractivity contribution in [2.45, 2.75) is 51.5 Å². The molecular weight excluding hydrogens is 206 g/mol. The van der Waals surface area contributed by atoms with Gasteiger partial charge in [0.2, 0.25) is 0 Å². The molecule has 1 N–H and O–H groups in total. The number of carboxylic acid groups (broad SMARTS) is 1. The SMILES string of the molecule is CC(C)c1c(C(=O)O)nnn1C1CCCC1. The summed E-state index contributed by atoms with van der Waals surface area (Å²) in [6.45, 7) is 3.97. The minimum Gasteiger partial charge on any atom is -0.476 e. The lowest BCUT2D eigenvalue weighted by molar-refractivity contribution is 0.0688. The first kappa shape index (κ1) is 11.1. The smallest absolute Gasteiger partial charge is 0.358 e. The first-order valence-corrected chi connectivity index (χ1v) is 5.79. The van der Waals surface area contributed by atoms with Gasteiger partial charge >= 0.3 is 5.97 Å². The van der Waals surface area contributed by atoms with Gasteiger partial charge in [0.25, 0.3) is 0 Å². The van der Waals surface area contributed by atoms with E-state index < -0.39 is 5.97 Å². The highest BCUT2D eigenvalue weighted by molar-refractivity contribution is 5.86. The molecule has 0 atom stereocenters. The highest BCUT2D eigenvalue weighted by Gasteiger charge is 2.27. The van der Waals surface area contributed by atoms with Crippen LogP contribution in [0.15, 0.2) is 0 Å². The Morgan fingerprint density at radius 3 is 2.56 bits per heavy atom. The summed E-state index contributed by atoms with van der Waals surface area (Å²) in [4.78, 5) is 11.0. The number of hydrogen-bond donors (Lipinski definition) is 1. The maximum Gasteiger partial charge on any atom is 0.358 e. The zero-order chi connectivity index (χ0) is 11.7. The van der Waals surface area contributed by atoms with Gasteiger partial charge in [-0.25, -0.2) is 9.48 Å². The summed E-state index contributed by atoms with van der Waals surface area (Å²) in [6.07, 6.45) is 4.57. The Morgan fingerprint density at radius 2 is 2.06 bits per heavy atom. The van der Waals surface area contributed by atoms with E-state index in [-0.39, 0.29) is 11.6 Å². The van der Waals surface area contributed by atoms with Crippen LogP contribution in [0.3, 0.4) is 0 Å². The standard InChI is InChI=1S/C11H17N3O2/c1-7(2)10-9(11(15)16)12-13-14(10)8-5-3-4-6-8/h7-8H,3-6H2,1-2H3,(H,15,16). The quantitative estimate of drug-likeness (QED) is 0.853.